The zero-order valence-corrected chi connectivity index (χ0v) is 15.5. The Bertz CT molecular complexity index is 782. The molecule has 0 saturated carbocycles. The maximum Gasteiger partial charge on any atom is 0.289 e. The SMILES string of the molecule is CCc1ccc(C(=O)N2CCN(CC(=O)Nc3ccccc3Cl)CC2)o1. The predicted molar refractivity (Wildman–Crippen MR) is 101 cm³/mol. The average Bonchev–Trinajstić information content (AvgIpc) is 3.13. The lowest BCUT2D eigenvalue weighted by Gasteiger charge is -2.33. The Balaban J connectivity index is 1.48. The zero-order valence-electron chi connectivity index (χ0n) is 14.7. The van der Waals surface area contributed by atoms with Crippen molar-refractivity contribution in [3.63, 3.8) is 0 Å². The number of hydrogen-bond acceptors (Lipinski definition) is 4. The molecule has 138 valence electrons. The molecule has 0 aliphatic carbocycles. The molecular weight excluding hydrogens is 354 g/mol. The van der Waals surface area contributed by atoms with E-state index < -0.39 is 0 Å². The van der Waals surface area contributed by atoms with E-state index in [9.17, 15) is 9.59 Å². The molecule has 2 aromatic rings. The molecule has 1 saturated heterocycles. The Labute approximate surface area is 157 Å². The first-order chi connectivity index (χ1) is 12.6. The second-order valence-electron chi connectivity index (χ2n) is 6.22. The molecule has 0 unspecified atom stereocenters. The monoisotopic (exact) mass is 375 g/mol. The molecule has 6 nitrogen and oxygen atoms in total. The standard InChI is InChI=1S/C19H22ClN3O3/c1-2-14-7-8-17(26-14)19(25)23-11-9-22(10-12-23)13-18(24)21-16-6-4-3-5-15(16)20/h3-8H,2,9-13H2,1H3,(H,21,24). The lowest BCUT2D eigenvalue weighted by Crippen LogP contribution is -2.50. The molecule has 0 atom stereocenters. The van der Waals surface area contributed by atoms with E-state index in [1.165, 1.54) is 0 Å². The Morgan fingerprint density at radius 1 is 1.12 bits per heavy atom. The maximum atomic E-state index is 12.5. The van der Waals surface area contributed by atoms with Crippen molar-refractivity contribution in [2.75, 3.05) is 38.0 Å². The van der Waals surface area contributed by atoms with Crippen molar-refractivity contribution in [2.24, 2.45) is 0 Å². The summed E-state index contributed by atoms with van der Waals surface area (Å²) >= 11 is 6.05. The molecule has 2 amide bonds. The second kappa shape index (κ2) is 8.38. The first-order valence-corrected chi connectivity index (χ1v) is 9.09. The van der Waals surface area contributed by atoms with Crippen LogP contribution in [0.3, 0.4) is 0 Å². The summed E-state index contributed by atoms with van der Waals surface area (Å²) < 4.78 is 5.54. The van der Waals surface area contributed by atoms with Gasteiger partial charge in [-0.05, 0) is 24.3 Å². The molecule has 7 heteroatoms. The van der Waals surface area contributed by atoms with Crippen LogP contribution in [0.4, 0.5) is 5.69 Å². The smallest absolute Gasteiger partial charge is 0.289 e. The van der Waals surface area contributed by atoms with Gasteiger partial charge in [-0.1, -0.05) is 30.7 Å². The van der Waals surface area contributed by atoms with Crippen molar-refractivity contribution in [3.05, 3.63) is 52.9 Å². The highest BCUT2D eigenvalue weighted by Gasteiger charge is 2.25. The van der Waals surface area contributed by atoms with Gasteiger partial charge in [0.1, 0.15) is 5.76 Å². The zero-order chi connectivity index (χ0) is 18.5. The van der Waals surface area contributed by atoms with Gasteiger partial charge < -0.3 is 14.6 Å². The van der Waals surface area contributed by atoms with Crippen LogP contribution >= 0.6 is 11.6 Å². The number of piperazine rings is 1. The molecule has 3 rings (SSSR count). The quantitative estimate of drug-likeness (QED) is 0.872. The van der Waals surface area contributed by atoms with E-state index in [-0.39, 0.29) is 18.4 Å². The van der Waals surface area contributed by atoms with Crippen LogP contribution in [0.15, 0.2) is 40.8 Å². The molecular formula is C19H22ClN3O3. The highest BCUT2D eigenvalue weighted by molar-refractivity contribution is 6.33. The fourth-order valence-electron chi connectivity index (χ4n) is 2.90. The van der Waals surface area contributed by atoms with Crippen molar-refractivity contribution in [1.82, 2.24) is 9.80 Å². The van der Waals surface area contributed by atoms with E-state index >= 15 is 0 Å². The summed E-state index contributed by atoms with van der Waals surface area (Å²) in [6.45, 7) is 4.68. The van der Waals surface area contributed by atoms with Gasteiger partial charge in [0.15, 0.2) is 5.76 Å². The Morgan fingerprint density at radius 3 is 2.50 bits per heavy atom. The largest absolute Gasteiger partial charge is 0.456 e. The van der Waals surface area contributed by atoms with Crippen LogP contribution < -0.4 is 5.32 Å². The summed E-state index contributed by atoms with van der Waals surface area (Å²) in [7, 11) is 0. The van der Waals surface area contributed by atoms with E-state index in [0.29, 0.717) is 42.6 Å². The molecule has 1 aromatic carbocycles. The number of anilines is 1. The predicted octanol–water partition coefficient (Wildman–Crippen LogP) is 2.89. The normalized spacial score (nSPS) is 15.1. The summed E-state index contributed by atoms with van der Waals surface area (Å²) in [5, 5.41) is 3.33. The lowest BCUT2D eigenvalue weighted by molar-refractivity contribution is -0.117. The van der Waals surface area contributed by atoms with Crippen molar-refractivity contribution >= 4 is 29.1 Å². The van der Waals surface area contributed by atoms with Crippen LogP contribution in [0.2, 0.25) is 5.02 Å². The Kier molecular flexibility index (Phi) is 5.96. The summed E-state index contributed by atoms with van der Waals surface area (Å²) in [5.74, 6) is 0.983. The molecule has 1 aliphatic heterocycles. The van der Waals surface area contributed by atoms with Gasteiger partial charge in [0.2, 0.25) is 5.91 Å². The minimum Gasteiger partial charge on any atom is -0.456 e. The Morgan fingerprint density at radius 2 is 1.85 bits per heavy atom. The summed E-state index contributed by atoms with van der Waals surface area (Å²) in [6.07, 6.45) is 0.765. The summed E-state index contributed by atoms with van der Waals surface area (Å²) in [5.41, 5.74) is 0.609. The topological polar surface area (TPSA) is 65.8 Å². The van der Waals surface area contributed by atoms with Crippen molar-refractivity contribution in [3.8, 4) is 0 Å². The number of aryl methyl sites for hydroxylation is 1. The number of hydrogen-bond donors (Lipinski definition) is 1. The molecule has 1 N–H and O–H groups in total. The van der Waals surface area contributed by atoms with E-state index in [2.05, 4.69) is 5.32 Å². The van der Waals surface area contributed by atoms with E-state index in [1.807, 2.05) is 30.0 Å². The molecule has 1 fully saturated rings. The van der Waals surface area contributed by atoms with Crippen LogP contribution in [-0.2, 0) is 11.2 Å². The number of nitrogens with zero attached hydrogens (tertiary/aromatic N) is 2. The van der Waals surface area contributed by atoms with Crippen LogP contribution in [0.1, 0.15) is 23.2 Å². The van der Waals surface area contributed by atoms with Gasteiger partial charge in [-0.3, -0.25) is 14.5 Å². The van der Waals surface area contributed by atoms with E-state index in [4.69, 9.17) is 16.0 Å². The van der Waals surface area contributed by atoms with Gasteiger partial charge in [-0.15, -0.1) is 0 Å². The molecule has 0 radical (unpaired) electrons. The van der Waals surface area contributed by atoms with Gasteiger partial charge >= 0.3 is 0 Å². The molecule has 2 heterocycles. The minimum absolute atomic E-state index is 0.0927. The number of nitrogens with one attached hydrogen (secondary N) is 1. The number of carbonyl (C=O) groups excluding carboxylic acids is 2. The number of furan rings is 1. The van der Waals surface area contributed by atoms with Crippen molar-refractivity contribution < 1.29 is 14.0 Å². The number of halogens is 1. The third-order valence-corrected chi connectivity index (χ3v) is 4.73. The Hall–Kier alpha value is -2.31. The number of rotatable bonds is 5. The number of carbonyl (C=O) groups is 2. The van der Waals surface area contributed by atoms with Gasteiger partial charge in [0.25, 0.3) is 5.91 Å². The second-order valence-corrected chi connectivity index (χ2v) is 6.62. The summed E-state index contributed by atoms with van der Waals surface area (Å²) in [4.78, 5) is 28.4. The van der Waals surface area contributed by atoms with Gasteiger partial charge in [-0.2, -0.15) is 0 Å². The summed E-state index contributed by atoms with van der Waals surface area (Å²) in [6, 6.07) is 10.7. The number of para-hydroxylation sites is 1. The van der Waals surface area contributed by atoms with Crippen molar-refractivity contribution in [1.29, 1.82) is 0 Å². The third-order valence-electron chi connectivity index (χ3n) is 4.40. The van der Waals surface area contributed by atoms with E-state index in [0.717, 1.165) is 12.2 Å². The minimum atomic E-state index is -0.114. The fraction of sp³-hybridized carbons (Fsp3) is 0.368. The maximum absolute atomic E-state index is 12.5. The van der Waals surface area contributed by atoms with Crippen molar-refractivity contribution in [2.45, 2.75) is 13.3 Å². The van der Waals surface area contributed by atoms with E-state index in [1.54, 1.807) is 23.1 Å². The van der Waals surface area contributed by atoms with Gasteiger partial charge in [0.05, 0.1) is 17.3 Å². The first kappa shape index (κ1) is 18.5. The van der Waals surface area contributed by atoms with Crippen LogP contribution in [0.5, 0.6) is 0 Å². The van der Waals surface area contributed by atoms with Crippen LogP contribution in [0.25, 0.3) is 0 Å². The number of benzene rings is 1. The van der Waals surface area contributed by atoms with Gasteiger partial charge in [-0.25, -0.2) is 0 Å². The van der Waals surface area contributed by atoms with Crippen LogP contribution in [-0.4, -0.2) is 54.3 Å². The average molecular weight is 376 g/mol. The molecule has 1 aromatic heterocycles. The van der Waals surface area contributed by atoms with Gasteiger partial charge in [0, 0.05) is 32.6 Å². The fourth-order valence-corrected chi connectivity index (χ4v) is 3.09. The molecule has 26 heavy (non-hydrogen) atoms. The number of amides is 2. The first-order valence-electron chi connectivity index (χ1n) is 8.71. The molecule has 1 aliphatic rings. The highest BCUT2D eigenvalue weighted by atomic mass is 35.5. The molecule has 0 spiro atoms. The third kappa shape index (κ3) is 4.45. The lowest BCUT2D eigenvalue weighted by atomic mass is 10.2. The van der Waals surface area contributed by atoms with Crippen LogP contribution in [0, 0.1) is 0 Å². The molecule has 0 bridgehead atoms. The highest BCUT2D eigenvalue weighted by Crippen LogP contribution is 2.20.